The van der Waals surface area contributed by atoms with Gasteiger partial charge in [0, 0.05) is 55.7 Å². The Kier molecular flexibility index (Phi) is 41.4. The summed E-state index contributed by atoms with van der Waals surface area (Å²) < 4.78 is 0. The van der Waals surface area contributed by atoms with Gasteiger partial charge >= 0.3 is 11.9 Å². The molecule has 0 spiro atoms. The maximum atomic E-state index is 14.2. The number of unbranched alkanes of at least 4 members (excludes halogenated alkanes) is 8. The van der Waals surface area contributed by atoms with Crippen LogP contribution in [-0.2, 0) is 84.8 Å². The Hall–Kier alpha value is -10.4. The standard InChI is InChI=1S/C79H120N14O20/c1-9-47(6)66(75(107)92-68(49(8)96)77(109)87-56(39-46(4)5)71(103)89-59(79(112)113)41-51-43-82-53-31-26-25-30-52(51)53)90-69(101)54(35-36-62(80)97)84-74(106)61-32-27-37-93(61)65(100)34-24-19-17-15-13-11-10-12-14-16-18-23-33-64(99)83-60(44-94)73(105)91-67(48(7)95)76(108)86-55(38-45(2)3)70(102)85-57(42-63(81)98)72(104)88-58(78(110)111)40-50-28-21-20-22-29-50/h10-11,20-22,25-26,28-31,43,45-49,54-61,66-68,82,94-96H,9,12-19,23-24,27,32-42,44H2,1-8H3,(H2,80,97)(H2,81,98)(H,83,99)(H,84,106)(H,85,102)(H,86,108)(H,87,109)(H,88,104)(H,89,103)(H,90,101)(H,91,105)(H,92,107)(H,110,111)(H,112,113)/b11-10+/t47-,48+,49+,54-,55-,56-,57-,58-,59-,60-,61-,66-,67-,68-/m0/s1. The number of carbonyl (C=O) groups excluding carboxylic acids is 13. The number of nitrogens with zero attached hydrogens (tertiary/aromatic N) is 1. The van der Waals surface area contributed by atoms with Crippen LogP contribution in [0.1, 0.15) is 195 Å². The van der Waals surface area contributed by atoms with Gasteiger partial charge in [0.25, 0.3) is 0 Å². The molecule has 13 amide bonds. The molecule has 0 radical (unpaired) electrons. The summed E-state index contributed by atoms with van der Waals surface area (Å²) in [7, 11) is 0. The Morgan fingerprint density at radius 3 is 1.50 bits per heavy atom. The fourth-order valence-corrected chi connectivity index (χ4v) is 13.0. The Balaban J connectivity index is 1.19. The fourth-order valence-electron chi connectivity index (χ4n) is 13.0. The summed E-state index contributed by atoms with van der Waals surface area (Å²) in [6, 6.07) is -0.192. The molecule has 1 aliphatic rings. The normalized spacial score (nSPS) is 16.3. The molecule has 20 N–H and O–H groups in total. The number of rotatable bonds is 53. The van der Waals surface area contributed by atoms with Crippen LogP contribution in [0.5, 0.6) is 0 Å². The van der Waals surface area contributed by atoms with E-state index in [1.807, 2.05) is 18.2 Å². The van der Waals surface area contributed by atoms with E-state index in [2.05, 4.69) is 70.3 Å². The summed E-state index contributed by atoms with van der Waals surface area (Å²) in [5.41, 5.74) is 12.9. The number of nitrogens with two attached hydrogens (primary N) is 2. The fraction of sp³-hybridized carbons (Fsp3) is 0.608. The third-order valence-corrected chi connectivity index (χ3v) is 19.5. The quantitative estimate of drug-likeness (QED) is 0.0279. The Bertz CT molecular complexity index is 3700. The third-order valence-electron chi connectivity index (χ3n) is 19.5. The number of fused-ring (bicyclic) bond motifs is 1. The van der Waals surface area contributed by atoms with Crippen molar-refractivity contribution in [2.75, 3.05) is 13.2 Å². The maximum Gasteiger partial charge on any atom is 0.326 e. The van der Waals surface area contributed by atoms with Crippen molar-refractivity contribution < 1.29 is 97.5 Å². The van der Waals surface area contributed by atoms with Crippen molar-refractivity contribution >= 4 is 99.6 Å². The Morgan fingerprint density at radius 1 is 0.504 bits per heavy atom. The van der Waals surface area contributed by atoms with E-state index in [1.54, 1.807) is 84.1 Å². The lowest BCUT2D eigenvalue weighted by atomic mass is 9.96. The minimum absolute atomic E-state index is 0.0146. The van der Waals surface area contributed by atoms with Gasteiger partial charge in [0.2, 0.25) is 76.8 Å². The van der Waals surface area contributed by atoms with Gasteiger partial charge < -0.3 is 100 Å². The van der Waals surface area contributed by atoms with Crippen molar-refractivity contribution in [2.45, 2.75) is 275 Å². The molecular weight excluding hydrogens is 1460 g/mol. The van der Waals surface area contributed by atoms with Crippen molar-refractivity contribution in [3.63, 3.8) is 0 Å². The van der Waals surface area contributed by atoms with Gasteiger partial charge in [0.05, 0.1) is 25.2 Å². The molecule has 14 atom stereocenters. The molecule has 3 aromatic rings. The lowest BCUT2D eigenvalue weighted by Crippen LogP contribution is -2.62. The van der Waals surface area contributed by atoms with E-state index >= 15 is 0 Å². The molecule has 0 aliphatic carbocycles. The van der Waals surface area contributed by atoms with Crippen LogP contribution in [0.3, 0.4) is 0 Å². The number of aromatic amines is 1. The summed E-state index contributed by atoms with van der Waals surface area (Å²) in [6.45, 7) is 12.3. The lowest BCUT2D eigenvalue weighted by Gasteiger charge is -2.30. The number of allylic oxidation sites excluding steroid dienone is 2. The van der Waals surface area contributed by atoms with Crippen molar-refractivity contribution in [2.24, 2.45) is 29.2 Å². The van der Waals surface area contributed by atoms with E-state index in [1.165, 1.54) is 18.7 Å². The first kappa shape index (κ1) is 95.0. The maximum absolute atomic E-state index is 14.2. The Morgan fingerprint density at radius 2 is 0.973 bits per heavy atom. The number of likely N-dealkylation sites (tertiary alicyclic amines) is 1. The van der Waals surface area contributed by atoms with E-state index in [-0.39, 0.29) is 69.1 Å². The molecular formula is C79H120N14O20. The average molecular weight is 1590 g/mol. The lowest BCUT2D eigenvalue weighted by molar-refractivity contribution is -0.143. The molecule has 34 nitrogen and oxygen atoms in total. The number of aliphatic carboxylic acids is 2. The van der Waals surface area contributed by atoms with Gasteiger partial charge in [-0.05, 0) is 119 Å². The molecule has 0 unspecified atom stereocenters. The number of benzene rings is 2. The monoisotopic (exact) mass is 1580 g/mol. The van der Waals surface area contributed by atoms with Gasteiger partial charge in [-0.15, -0.1) is 0 Å². The van der Waals surface area contributed by atoms with Gasteiger partial charge in [-0.2, -0.15) is 0 Å². The van der Waals surface area contributed by atoms with Crippen LogP contribution >= 0.6 is 0 Å². The highest BCUT2D eigenvalue weighted by Crippen LogP contribution is 2.23. The second-order valence-corrected chi connectivity index (χ2v) is 30.0. The molecule has 2 aromatic carbocycles. The minimum atomic E-state index is -1.71. The summed E-state index contributed by atoms with van der Waals surface area (Å²) in [4.78, 5) is 204. The number of H-pyrrole nitrogens is 1. The van der Waals surface area contributed by atoms with E-state index < -0.39 is 180 Å². The smallest absolute Gasteiger partial charge is 0.326 e. The topological polar surface area (TPSA) is 549 Å². The van der Waals surface area contributed by atoms with E-state index in [4.69, 9.17) is 11.5 Å². The van der Waals surface area contributed by atoms with Gasteiger partial charge in [-0.3, -0.25) is 62.3 Å². The molecule has 1 aromatic heterocycles. The van der Waals surface area contributed by atoms with Crippen molar-refractivity contribution in [1.29, 1.82) is 0 Å². The molecule has 0 saturated carbocycles. The van der Waals surface area contributed by atoms with E-state index in [0.29, 0.717) is 56.2 Å². The number of aliphatic hydroxyl groups is 3. The first-order chi connectivity index (χ1) is 53.5. The first-order valence-corrected chi connectivity index (χ1v) is 39.1. The number of primary amides is 2. The highest BCUT2D eigenvalue weighted by molar-refractivity contribution is 6.00. The number of aliphatic hydroxyl groups excluding tert-OH is 3. The van der Waals surface area contributed by atoms with Crippen molar-refractivity contribution in [3.8, 4) is 0 Å². The zero-order valence-corrected chi connectivity index (χ0v) is 66.1. The molecule has 113 heavy (non-hydrogen) atoms. The average Bonchev–Trinajstić information content (AvgIpc) is 1.78. The molecule has 34 heteroatoms. The number of carboxylic acids is 2. The Labute approximate surface area is 659 Å². The van der Waals surface area contributed by atoms with Gasteiger partial charge in [-0.25, -0.2) is 9.59 Å². The SMILES string of the molecule is CC[C@H](C)[C@H](NC(=O)[C@H](CCC(N)=O)NC(=O)[C@@H]1CCCN1C(=O)CCCCCC/C=C/CCCCCCC(=O)N[C@@H](CO)C(=O)N[C@H](C(=O)N[C@@H](CC(C)C)C(=O)N[C@@H](CC(N)=O)C(=O)N[C@@H](Cc1ccccc1)C(=O)O)[C@@H](C)O)C(=O)N[C@H](C(=O)N[C@@H](CC(C)C)C(=O)N[C@@H](Cc1c[nH]c2ccccc12)C(=O)O)[C@@H](C)O. The van der Waals surface area contributed by atoms with Crippen LogP contribution in [0, 0.1) is 17.8 Å². The van der Waals surface area contributed by atoms with Crippen LogP contribution in [0.25, 0.3) is 10.9 Å². The molecule has 1 aliphatic heterocycles. The molecule has 2 heterocycles. The molecule has 0 bridgehead atoms. The number of aromatic nitrogens is 1. The zero-order chi connectivity index (χ0) is 84.0. The predicted octanol–water partition coefficient (Wildman–Crippen LogP) is 1.23. The molecule has 626 valence electrons. The van der Waals surface area contributed by atoms with Gasteiger partial charge in [-0.1, -0.05) is 134 Å². The minimum Gasteiger partial charge on any atom is -0.480 e. The number of hydrogen-bond donors (Lipinski definition) is 18. The summed E-state index contributed by atoms with van der Waals surface area (Å²) in [5, 5.41) is 77.2. The van der Waals surface area contributed by atoms with Crippen LogP contribution in [0.15, 0.2) is 72.9 Å². The number of carbonyl (C=O) groups is 15. The van der Waals surface area contributed by atoms with Gasteiger partial charge in [0.1, 0.15) is 66.5 Å². The first-order valence-electron chi connectivity index (χ1n) is 39.1. The van der Waals surface area contributed by atoms with Gasteiger partial charge in [0.15, 0.2) is 0 Å². The summed E-state index contributed by atoms with van der Waals surface area (Å²) in [5.74, 6) is -14.6. The highest BCUT2D eigenvalue weighted by atomic mass is 16.4. The number of amides is 13. The molecule has 1 saturated heterocycles. The zero-order valence-electron chi connectivity index (χ0n) is 66.1. The largest absolute Gasteiger partial charge is 0.480 e. The number of para-hydroxylation sites is 1. The van der Waals surface area contributed by atoms with E-state index in [9.17, 15) is 97.5 Å². The number of hydrogen-bond acceptors (Lipinski definition) is 18. The van der Waals surface area contributed by atoms with Crippen molar-refractivity contribution in [3.05, 3.63) is 84.1 Å². The molecule has 1 fully saturated rings. The van der Waals surface area contributed by atoms with Crippen LogP contribution in [0.2, 0.25) is 0 Å². The molecule has 4 rings (SSSR count). The van der Waals surface area contributed by atoms with Crippen LogP contribution in [0.4, 0.5) is 0 Å². The summed E-state index contributed by atoms with van der Waals surface area (Å²) >= 11 is 0. The number of carboxylic acid groups (broad SMARTS) is 2. The highest BCUT2D eigenvalue weighted by Gasteiger charge is 2.40. The van der Waals surface area contributed by atoms with Crippen LogP contribution in [-0.4, -0.2) is 216 Å². The second-order valence-electron chi connectivity index (χ2n) is 30.0. The summed E-state index contributed by atoms with van der Waals surface area (Å²) in [6.07, 6.45) is 9.84. The number of nitrogens with one attached hydrogen (secondary N) is 11. The van der Waals surface area contributed by atoms with E-state index in [0.717, 1.165) is 55.8 Å². The van der Waals surface area contributed by atoms with Crippen molar-refractivity contribution in [1.82, 2.24) is 63.1 Å². The second kappa shape index (κ2) is 49.2. The van der Waals surface area contributed by atoms with Crippen LogP contribution < -0.4 is 64.6 Å². The predicted molar refractivity (Wildman–Crippen MR) is 417 cm³/mol. The third kappa shape index (κ3) is 33.5.